The monoisotopic (exact) mass is 392 g/mol. The highest BCUT2D eigenvalue weighted by Crippen LogP contribution is 2.23. The van der Waals surface area contributed by atoms with E-state index < -0.39 is 0 Å². The second kappa shape index (κ2) is 10.3. The highest BCUT2D eigenvalue weighted by molar-refractivity contribution is 8.01. The van der Waals surface area contributed by atoms with Crippen molar-refractivity contribution in [2.24, 2.45) is 0 Å². The number of ether oxygens (including phenoxy) is 1. The summed E-state index contributed by atoms with van der Waals surface area (Å²) in [6.07, 6.45) is 1.00. The van der Waals surface area contributed by atoms with E-state index in [1.165, 1.54) is 28.7 Å². The molecule has 1 N–H and O–H groups in total. The van der Waals surface area contributed by atoms with Crippen molar-refractivity contribution in [3.63, 3.8) is 0 Å². The van der Waals surface area contributed by atoms with Crippen LogP contribution in [0.5, 0.6) is 0 Å². The molecule has 1 aromatic carbocycles. The van der Waals surface area contributed by atoms with Gasteiger partial charge in [-0.15, -0.1) is 11.3 Å². The van der Waals surface area contributed by atoms with E-state index in [9.17, 15) is 9.59 Å². The van der Waals surface area contributed by atoms with Gasteiger partial charge in [0.25, 0.3) is 0 Å². The Bertz CT molecular complexity index is 729. The molecule has 7 heteroatoms. The van der Waals surface area contributed by atoms with Gasteiger partial charge < -0.3 is 10.1 Å². The first-order chi connectivity index (χ1) is 12.5. The van der Waals surface area contributed by atoms with Crippen molar-refractivity contribution in [2.45, 2.75) is 44.0 Å². The van der Waals surface area contributed by atoms with Crippen LogP contribution in [0.15, 0.2) is 34.0 Å². The maximum absolute atomic E-state index is 12.3. The second-order valence-electron chi connectivity index (χ2n) is 5.81. The molecule has 2 aromatic rings. The van der Waals surface area contributed by atoms with Crippen LogP contribution in [0, 0.1) is 6.92 Å². The Balaban J connectivity index is 1.83. The fourth-order valence-corrected chi connectivity index (χ4v) is 4.03. The number of hydrogen-bond donors (Lipinski definition) is 1. The van der Waals surface area contributed by atoms with E-state index in [1.807, 2.05) is 12.3 Å². The Morgan fingerprint density at radius 3 is 2.65 bits per heavy atom. The van der Waals surface area contributed by atoms with Gasteiger partial charge in [-0.2, -0.15) is 0 Å². The topological polar surface area (TPSA) is 68.3 Å². The Hall–Kier alpha value is -1.86. The van der Waals surface area contributed by atoms with Gasteiger partial charge in [-0.05, 0) is 25.8 Å². The van der Waals surface area contributed by atoms with E-state index in [0.717, 1.165) is 16.3 Å². The van der Waals surface area contributed by atoms with Crippen LogP contribution < -0.4 is 5.32 Å². The Kier molecular flexibility index (Phi) is 8.12. The van der Waals surface area contributed by atoms with Crippen LogP contribution in [0.25, 0.3) is 0 Å². The number of nitrogens with one attached hydrogen (secondary N) is 1. The molecule has 5 nitrogen and oxygen atoms in total. The predicted molar refractivity (Wildman–Crippen MR) is 106 cm³/mol. The zero-order chi connectivity index (χ0) is 18.9. The molecule has 1 aromatic heterocycles. The van der Waals surface area contributed by atoms with E-state index in [1.54, 1.807) is 6.92 Å². The van der Waals surface area contributed by atoms with Gasteiger partial charge in [0.15, 0.2) is 4.34 Å². The fourth-order valence-electron chi connectivity index (χ4n) is 2.38. The molecule has 0 spiro atoms. The summed E-state index contributed by atoms with van der Waals surface area (Å²) in [4.78, 5) is 28.1. The van der Waals surface area contributed by atoms with Gasteiger partial charge in [-0.25, -0.2) is 4.98 Å². The lowest BCUT2D eigenvalue weighted by Gasteiger charge is -2.17. The van der Waals surface area contributed by atoms with E-state index in [2.05, 4.69) is 41.5 Å². The number of benzene rings is 1. The predicted octanol–water partition coefficient (Wildman–Crippen LogP) is 3.92. The number of hydrogen-bond acceptors (Lipinski definition) is 6. The molecule has 0 aliphatic carbocycles. The molecule has 0 fully saturated rings. The zero-order valence-corrected chi connectivity index (χ0v) is 16.9. The maximum atomic E-state index is 12.3. The molecule has 0 saturated heterocycles. The molecular weight excluding hydrogens is 368 g/mol. The van der Waals surface area contributed by atoms with E-state index >= 15 is 0 Å². The fraction of sp³-hybridized carbons (Fsp3) is 0.421. The van der Waals surface area contributed by atoms with Gasteiger partial charge in [0.1, 0.15) is 0 Å². The van der Waals surface area contributed by atoms with Crippen molar-refractivity contribution < 1.29 is 14.3 Å². The third kappa shape index (κ3) is 6.46. The van der Waals surface area contributed by atoms with Gasteiger partial charge in [-0.1, -0.05) is 48.5 Å². The zero-order valence-electron chi connectivity index (χ0n) is 15.3. The van der Waals surface area contributed by atoms with Crippen LogP contribution in [-0.2, 0) is 20.7 Å². The van der Waals surface area contributed by atoms with E-state index in [4.69, 9.17) is 4.74 Å². The van der Waals surface area contributed by atoms with Gasteiger partial charge >= 0.3 is 5.97 Å². The first-order valence-electron chi connectivity index (χ1n) is 8.60. The first-order valence-corrected chi connectivity index (χ1v) is 10.5. The van der Waals surface area contributed by atoms with Gasteiger partial charge in [0, 0.05) is 5.38 Å². The van der Waals surface area contributed by atoms with Crippen molar-refractivity contribution in [1.82, 2.24) is 10.3 Å². The lowest BCUT2D eigenvalue weighted by atomic mass is 10.0. The summed E-state index contributed by atoms with van der Waals surface area (Å²) in [5.41, 5.74) is 3.00. The molecular formula is C19H24N2O3S2. The summed E-state index contributed by atoms with van der Waals surface area (Å²) in [6, 6.07) is 8.23. The molecule has 1 amide bonds. The van der Waals surface area contributed by atoms with Gasteiger partial charge in [-0.3, -0.25) is 9.59 Å². The molecule has 1 atom stereocenters. The van der Waals surface area contributed by atoms with E-state index in [-0.39, 0.29) is 24.3 Å². The summed E-state index contributed by atoms with van der Waals surface area (Å²) in [5.74, 6) is -0.00473. The minimum Gasteiger partial charge on any atom is -0.466 e. The average Bonchev–Trinajstić information content (AvgIpc) is 3.06. The third-order valence-electron chi connectivity index (χ3n) is 3.71. The highest BCUT2D eigenvalue weighted by atomic mass is 32.2. The minimum atomic E-state index is -0.282. The van der Waals surface area contributed by atoms with Gasteiger partial charge in [0.05, 0.1) is 30.5 Å². The summed E-state index contributed by atoms with van der Waals surface area (Å²) in [5, 5.41) is 4.90. The van der Waals surface area contributed by atoms with Crippen LogP contribution in [0.1, 0.15) is 43.1 Å². The van der Waals surface area contributed by atoms with Gasteiger partial charge in [0.2, 0.25) is 5.91 Å². The van der Waals surface area contributed by atoms with Crippen LogP contribution in [0.4, 0.5) is 0 Å². The Morgan fingerprint density at radius 1 is 1.27 bits per heavy atom. The third-order valence-corrected chi connectivity index (χ3v) is 5.78. The average molecular weight is 393 g/mol. The van der Waals surface area contributed by atoms with E-state index in [0.29, 0.717) is 18.1 Å². The maximum Gasteiger partial charge on any atom is 0.311 e. The molecule has 0 bridgehead atoms. The summed E-state index contributed by atoms with van der Waals surface area (Å²) in [7, 11) is 0. The van der Waals surface area contributed by atoms with Crippen molar-refractivity contribution in [2.75, 3.05) is 12.4 Å². The number of carbonyl (C=O) groups excluding carboxylic acids is 2. The largest absolute Gasteiger partial charge is 0.466 e. The number of aromatic nitrogens is 1. The molecule has 2 rings (SSSR count). The number of thiazole rings is 1. The number of thioether (sulfide) groups is 1. The van der Waals surface area contributed by atoms with Crippen LogP contribution in [0.3, 0.4) is 0 Å². The van der Waals surface area contributed by atoms with Crippen molar-refractivity contribution in [1.29, 1.82) is 0 Å². The quantitative estimate of drug-likeness (QED) is 0.517. The Morgan fingerprint density at radius 2 is 2.00 bits per heavy atom. The molecule has 1 heterocycles. The molecule has 0 saturated carbocycles. The molecule has 0 aliphatic rings. The van der Waals surface area contributed by atoms with Crippen LogP contribution in [0.2, 0.25) is 0 Å². The van der Waals surface area contributed by atoms with Crippen LogP contribution >= 0.6 is 23.1 Å². The normalized spacial score (nSPS) is 11.8. The number of rotatable bonds is 9. The standard InChI is InChI=1S/C19H24N2O3S2/c1-4-16(14-8-6-13(3)7-9-14)21-17(22)12-26-19-20-15(11-25-19)10-18(23)24-5-2/h6-9,11,16H,4-5,10,12H2,1-3H3,(H,21,22)/t16-/m0/s1. The van der Waals surface area contributed by atoms with Crippen molar-refractivity contribution in [3.8, 4) is 0 Å². The highest BCUT2D eigenvalue weighted by Gasteiger charge is 2.14. The number of nitrogens with zero attached hydrogens (tertiary/aromatic N) is 1. The smallest absolute Gasteiger partial charge is 0.311 e. The lowest BCUT2D eigenvalue weighted by Crippen LogP contribution is -2.29. The first kappa shape index (κ1) is 20.5. The molecule has 0 aliphatic heterocycles. The number of carbonyl (C=O) groups is 2. The number of aryl methyl sites for hydroxylation is 1. The second-order valence-corrected chi connectivity index (χ2v) is 7.89. The lowest BCUT2D eigenvalue weighted by molar-refractivity contribution is -0.142. The SMILES string of the molecule is CCOC(=O)Cc1csc(SCC(=O)N[C@@H](CC)c2ccc(C)cc2)n1. The molecule has 0 unspecified atom stereocenters. The summed E-state index contributed by atoms with van der Waals surface area (Å²) < 4.78 is 5.69. The Labute approximate surface area is 162 Å². The summed E-state index contributed by atoms with van der Waals surface area (Å²) in [6.45, 7) is 6.24. The van der Waals surface area contributed by atoms with Crippen LogP contribution in [-0.4, -0.2) is 29.2 Å². The molecule has 26 heavy (non-hydrogen) atoms. The minimum absolute atomic E-state index is 0.0133. The molecule has 0 radical (unpaired) electrons. The number of esters is 1. The number of amides is 1. The molecule has 140 valence electrons. The van der Waals surface area contributed by atoms with Crippen molar-refractivity contribution >= 4 is 35.0 Å². The summed E-state index contributed by atoms with van der Waals surface area (Å²) >= 11 is 2.82. The van der Waals surface area contributed by atoms with Crippen molar-refractivity contribution in [3.05, 3.63) is 46.5 Å².